The number of nitro groups is 2. The number of carbonyl (C=O) groups excluding carboxylic acids is 1. The van der Waals surface area contributed by atoms with Gasteiger partial charge in [0.25, 0.3) is 17.5 Å². The Morgan fingerprint density at radius 1 is 0.795 bits per heavy atom. The number of carbonyl (C=O) groups is 1. The average Bonchev–Trinajstić information content (AvgIpc) is 3.31. The fourth-order valence-corrected chi connectivity index (χ4v) is 6.76. The van der Waals surface area contributed by atoms with E-state index in [1.165, 1.54) is 12.1 Å². The summed E-state index contributed by atoms with van der Waals surface area (Å²) in [4.78, 5) is 39.3. The summed E-state index contributed by atoms with van der Waals surface area (Å²) in [6.45, 7) is 8.11. The molecular weight excluding hydrogens is 560 g/mol. The molecule has 6 rings (SSSR count). The van der Waals surface area contributed by atoms with Crippen LogP contribution in [0.15, 0.2) is 96.0 Å². The molecule has 0 N–H and O–H groups in total. The van der Waals surface area contributed by atoms with Crippen LogP contribution in [-0.4, -0.2) is 22.7 Å². The second-order valence-electron chi connectivity index (χ2n) is 12.5. The Labute approximate surface area is 254 Å². The van der Waals surface area contributed by atoms with Crippen molar-refractivity contribution in [3.8, 4) is 0 Å². The number of para-hydroxylation sites is 2. The van der Waals surface area contributed by atoms with Crippen molar-refractivity contribution in [3.63, 3.8) is 0 Å². The molecule has 1 atom stereocenters. The van der Waals surface area contributed by atoms with Crippen LogP contribution in [0.4, 0.5) is 22.7 Å². The van der Waals surface area contributed by atoms with Crippen molar-refractivity contribution in [1.82, 2.24) is 0 Å². The van der Waals surface area contributed by atoms with E-state index >= 15 is 0 Å². The largest absolute Gasteiger partial charge is 0.834 e. The Bertz CT molecular complexity index is 1840. The maximum atomic E-state index is 13.5. The van der Waals surface area contributed by atoms with Gasteiger partial charge in [-0.25, -0.2) is 4.79 Å². The summed E-state index contributed by atoms with van der Waals surface area (Å²) >= 11 is 0. The molecule has 0 aromatic heterocycles. The number of fused-ring (bicyclic) bond motifs is 2. The number of rotatable bonds is 6. The quantitative estimate of drug-likeness (QED) is 0.205. The third-order valence-corrected chi connectivity index (χ3v) is 9.17. The highest BCUT2D eigenvalue weighted by Crippen LogP contribution is 2.54. The van der Waals surface area contributed by atoms with Crippen LogP contribution in [0, 0.1) is 31.7 Å². The van der Waals surface area contributed by atoms with Crippen LogP contribution in [0.3, 0.4) is 0 Å². The number of allylic oxidation sites excluding steroid dienone is 4. The Balaban J connectivity index is 1.53. The lowest BCUT2D eigenvalue weighted by Gasteiger charge is -2.35. The lowest BCUT2D eigenvalue weighted by atomic mass is 9.68. The molecule has 0 radical (unpaired) electrons. The molecule has 1 unspecified atom stereocenters. The van der Waals surface area contributed by atoms with Crippen LogP contribution in [0.2, 0.25) is 0 Å². The number of Topliss-reactive ketones (excluding diaryl/α,β-unsaturated/α-hetero) is 1. The number of benzene rings is 3. The van der Waals surface area contributed by atoms with Crippen LogP contribution in [0.5, 0.6) is 0 Å². The van der Waals surface area contributed by atoms with Crippen LogP contribution < -0.4 is 14.9 Å². The number of non-ortho nitro benzene ring substituents is 2. The fraction of sp³-hybridized carbons (Fsp3) is 0.265. The van der Waals surface area contributed by atoms with Crippen molar-refractivity contribution < 1.29 is 19.7 Å². The number of anilines is 2. The van der Waals surface area contributed by atoms with Gasteiger partial charge >= 0.3 is 5.78 Å². The van der Waals surface area contributed by atoms with Crippen molar-refractivity contribution in [2.75, 3.05) is 16.8 Å². The number of hydrogen-bond donors (Lipinski definition) is 0. The van der Waals surface area contributed by atoms with Gasteiger partial charge in [-0.05, 0) is 41.0 Å². The molecule has 2 aliphatic heterocycles. The third kappa shape index (κ3) is 4.10. The van der Waals surface area contributed by atoms with E-state index in [-0.39, 0.29) is 6.54 Å². The second kappa shape index (κ2) is 9.59. The standard InChI is InChI=1S/C34H30N4O6/c1-32(2)24-10-6-8-12-26(24)35(5)28(32)18-34(30(39)17-31(34)40)19-29-33(3,4)25-11-7-9-13-27(25)36(29)20-21-14-22(37(41)42)16-23(15-21)38(43)44/h6-16,18-19H,20H2,1-5H3. The van der Waals surface area contributed by atoms with Gasteiger partial charge in [-0.3, -0.25) is 20.2 Å². The molecule has 3 aromatic rings. The molecule has 10 heteroatoms. The summed E-state index contributed by atoms with van der Waals surface area (Å²) in [6, 6.07) is 19.1. The van der Waals surface area contributed by atoms with E-state index in [1.807, 2.05) is 79.2 Å². The van der Waals surface area contributed by atoms with Crippen molar-refractivity contribution in [2.45, 2.75) is 45.1 Å². The van der Waals surface area contributed by atoms with E-state index in [1.54, 1.807) is 12.2 Å². The molecule has 1 aliphatic carbocycles. The van der Waals surface area contributed by atoms with E-state index in [0.29, 0.717) is 11.3 Å². The zero-order chi connectivity index (χ0) is 31.8. The third-order valence-electron chi connectivity index (χ3n) is 9.17. The molecule has 3 aromatic carbocycles. The maximum absolute atomic E-state index is 13.5. The SMILES string of the molecule is CN1C(=CC2(C=C3N(Cc4cc([N+](=O)[O-])cc([N+](=O)[O-])c4)c4ccccc4C3(C)C)C(=O)[C+]=C2[O-])C(C)(C)c2ccccc21. The van der Waals surface area contributed by atoms with Crippen LogP contribution in [0.1, 0.15) is 44.4 Å². The van der Waals surface area contributed by atoms with Gasteiger partial charge in [-0.15, -0.1) is 0 Å². The van der Waals surface area contributed by atoms with Crippen LogP contribution in [-0.2, 0) is 22.2 Å². The van der Waals surface area contributed by atoms with Crippen LogP contribution in [0.25, 0.3) is 0 Å². The van der Waals surface area contributed by atoms with Crippen LogP contribution >= 0.6 is 0 Å². The van der Waals surface area contributed by atoms with Crippen molar-refractivity contribution >= 4 is 28.5 Å². The molecule has 0 saturated heterocycles. The minimum absolute atomic E-state index is 0.0358. The molecule has 44 heavy (non-hydrogen) atoms. The molecule has 3 aliphatic rings. The van der Waals surface area contributed by atoms with E-state index in [9.17, 15) is 30.1 Å². The summed E-state index contributed by atoms with van der Waals surface area (Å²) in [6.07, 6.45) is 5.85. The van der Waals surface area contributed by atoms with E-state index in [0.717, 1.165) is 34.3 Å². The Kier molecular flexibility index (Phi) is 6.27. The first-order chi connectivity index (χ1) is 20.7. The van der Waals surface area contributed by atoms with Crippen molar-refractivity contribution in [1.29, 1.82) is 0 Å². The number of nitrogens with zero attached hydrogens (tertiary/aromatic N) is 4. The summed E-state index contributed by atoms with van der Waals surface area (Å²) in [5, 5.41) is 36.8. The maximum Gasteiger partial charge on any atom is 0.412 e. The first-order valence-electron chi connectivity index (χ1n) is 14.1. The first-order valence-corrected chi connectivity index (χ1v) is 14.1. The topological polar surface area (TPSA) is 133 Å². The molecule has 10 nitrogen and oxygen atoms in total. The van der Waals surface area contributed by atoms with E-state index in [4.69, 9.17) is 0 Å². The lowest BCUT2D eigenvalue weighted by Crippen LogP contribution is -2.46. The van der Waals surface area contributed by atoms with Gasteiger partial charge in [0.05, 0.1) is 15.9 Å². The highest BCUT2D eigenvalue weighted by atomic mass is 16.6. The zero-order valence-electron chi connectivity index (χ0n) is 25.0. The lowest BCUT2D eigenvalue weighted by molar-refractivity contribution is -0.394. The molecule has 0 saturated carbocycles. The Morgan fingerprint density at radius 3 is 1.82 bits per heavy atom. The van der Waals surface area contributed by atoms with Gasteiger partial charge in [-0.2, -0.15) is 0 Å². The van der Waals surface area contributed by atoms with Gasteiger partial charge in [0.2, 0.25) is 0 Å². The van der Waals surface area contributed by atoms with Gasteiger partial charge in [0.15, 0.2) is 11.2 Å². The molecule has 2 heterocycles. The predicted octanol–water partition coefficient (Wildman–Crippen LogP) is 5.61. The minimum Gasteiger partial charge on any atom is -0.834 e. The van der Waals surface area contributed by atoms with Gasteiger partial charge < -0.3 is 14.9 Å². The smallest absolute Gasteiger partial charge is 0.412 e. The summed E-state index contributed by atoms with van der Waals surface area (Å²) in [5.74, 6) is -0.916. The van der Waals surface area contributed by atoms with E-state index in [2.05, 4.69) is 19.9 Å². The minimum atomic E-state index is -1.62. The number of likely N-dealkylation sites (N-methyl/N-ethyl adjacent to an activating group) is 1. The fourth-order valence-electron chi connectivity index (χ4n) is 6.76. The van der Waals surface area contributed by atoms with Crippen molar-refractivity contribution in [2.24, 2.45) is 5.41 Å². The molecule has 222 valence electrons. The molecule has 0 fully saturated rings. The number of hydrogen-bond acceptors (Lipinski definition) is 8. The number of nitro benzene ring substituents is 2. The monoisotopic (exact) mass is 590 g/mol. The molecule has 0 amide bonds. The van der Waals surface area contributed by atoms with Crippen molar-refractivity contribution in [3.05, 3.63) is 139 Å². The molecular formula is C34H30N4O6. The first kappa shape index (κ1) is 28.8. The van der Waals surface area contributed by atoms with Gasteiger partial charge in [0, 0.05) is 59.3 Å². The highest BCUT2D eigenvalue weighted by molar-refractivity contribution is 6.04. The Hall–Kier alpha value is -5.34. The summed E-state index contributed by atoms with van der Waals surface area (Å²) in [7, 11) is 1.91. The van der Waals surface area contributed by atoms with Gasteiger partial charge in [-0.1, -0.05) is 64.1 Å². The van der Waals surface area contributed by atoms with E-state index < -0.39 is 49.0 Å². The predicted molar refractivity (Wildman–Crippen MR) is 164 cm³/mol. The summed E-state index contributed by atoms with van der Waals surface area (Å²) < 4.78 is 0. The highest BCUT2D eigenvalue weighted by Gasteiger charge is 2.58. The second-order valence-corrected chi connectivity index (χ2v) is 12.5. The normalized spacial score (nSPS) is 22.8. The Morgan fingerprint density at radius 2 is 1.30 bits per heavy atom. The zero-order valence-corrected chi connectivity index (χ0v) is 25.0. The molecule has 0 spiro atoms. The van der Waals surface area contributed by atoms with Gasteiger partial charge in [0.1, 0.15) is 0 Å². The molecule has 0 bridgehead atoms. The average molecular weight is 591 g/mol. The number of ketones is 1. The summed E-state index contributed by atoms with van der Waals surface area (Å²) in [5.41, 5.74) is 1.93.